The molecule has 0 heterocycles. The van der Waals surface area contributed by atoms with Crippen LogP contribution in [0.4, 0.5) is 13.2 Å². The summed E-state index contributed by atoms with van der Waals surface area (Å²) in [5.41, 5.74) is 5.83. The van der Waals surface area contributed by atoms with Crippen LogP contribution >= 0.6 is 0 Å². The minimum atomic E-state index is -0.706. The van der Waals surface area contributed by atoms with E-state index in [-0.39, 0.29) is 11.1 Å². The van der Waals surface area contributed by atoms with Crippen LogP contribution in [0.2, 0.25) is 0 Å². The molecule has 1 aliphatic rings. The largest absolute Gasteiger partial charge is 0.207 e. The number of rotatable bonds is 3. The topological polar surface area (TPSA) is 0 Å². The maximum absolute atomic E-state index is 14.6. The summed E-state index contributed by atoms with van der Waals surface area (Å²) in [5.74, 6) is -1.88. The van der Waals surface area contributed by atoms with Crippen LogP contribution in [0.1, 0.15) is 30.0 Å². The Morgan fingerprint density at radius 3 is 2.20 bits per heavy atom. The molecule has 25 heavy (non-hydrogen) atoms. The Morgan fingerprint density at radius 2 is 1.48 bits per heavy atom. The molecule has 126 valence electrons. The van der Waals surface area contributed by atoms with E-state index in [0.29, 0.717) is 6.42 Å². The van der Waals surface area contributed by atoms with Gasteiger partial charge in [-0.05, 0) is 70.5 Å². The molecule has 3 aromatic carbocycles. The molecule has 0 aliphatic heterocycles. The lowest BCUT2D eigenvalue weighted by molar-refractivity contribution is 0.583. The summed E-state index contributed by atoms with van der Waals surface area (Å²) in [5, 5.41) is 0. The molecule has 0 fully saturated rings. The van der Waals surface area contributed by atoms with E-state index < -0.39 is 17.5 Å². The Balaban J connectivity index is 1.80. The Hall–Kier alpha value is -2.55. The van der Waals surface area contributed by atoms with Crippen LogP contribution in [-0.2, 0) is 12.8 Å². The minimum absolute atomic E-state index is 0.223. The van der Waals surface area contributed by atoms with Gasteiger partial charge < -0.3 is 0 Å². The van der Waals surface area contributed by atoms with Crippen molar-refractivity contribution in [2.75, 3.05) is 0 Å². The van der Waals surface area contributed by atoms with E-state index in [1.54, 1.807) is 6.07 Å². The zero-order valence-electron chi connectivity index (χ0n) is 13.9. The van der Waals surface area contributed by atoms with Gasteiger partial charge in [0.1, 0.15) is 17.5 Å². The first-order valence-corrected chi connectivity index (χ1v) is 8.46. The third-order valence-corrected chi connectivity index (χ3v) is 4.75. The van der Waals surface area contributed by atoms with Crippen LogP contribution < -0.4 is 0 Å². The van der Waals surface area contributed by atoms with Crippen molar-refractivity contribution in [3.63, 3.8) is 0 Å². The number of aryl methyl sites for hydroxylation is 1. The predicted molar refractivity (Wildman–Crippen MR) is 94.0 cm³/mol. The number of hydrogen-bond acceptors (Lipinski definition) is 0. The molecule has 0 spiro atoms. The van der Waals surface area contributed by atoms with E-state index in [1.165, 1.54) is 17.2 Å². The molecule has 0 unspecified atom stereocenters. The molecule has 0 radical (unpaired) electrons. The van der Waals surface area contributed by atoms with Crippen molar-refractivity contribution in [1.82, 2.24) is 0 Å². The quantitative estimate of drug-likeness (QED) is 0.411. The highest BCUT2D eigenvalue weighted by atomic mass is 19.1. The summed E-state index contributed by atoms with van der Waals surface area (Å²) >= 11 is 0. The second kappa shape index (κ2) is 6.07. The maximum Gasteiger partial charge on any atom is 0.131 e. The van der Waals surface area contributed by atoms with E-state index in [4.69, 9.17) is 0 Å². The van der Waals surface area contributed by atoms with Crippen LogP contribution in [0.25, 0.3) is 22.3 Å². The van der Waals surface area contributed by atoms with E-state index in [9.17, 15) is 13.2 Å². The molecular weight excluding hydrogens is 321 g/mol. The highest BCUT2D eigenvalue weighted by Crippen LogP contribution is 2.40. The zero-order chi connectivity index (χ0) is 17.6. The van der Waals surface area contributed by atoms with Gasteiger partial charge in [-0.1, -0.05) is 31.5 Å². The van der Waals surface area contributed by atoms with Gasteiger partial charge >= 0.3 is 0 Å². The lowest BCUT2D eigenvalue weighted by Gasteiger charge is -2.08. The first-order valence-electron chi connectivity index (χ1n) is 8.46. The predicted octanol–water partition coefficient (Wildman–Crippen LogP) is 6.29. The second-order valence-corrected chi connectivity index (χ2v) is 6.57. The van der Waals surface area contributed by atoms with Gasteiger partial charge in [-0.25, -0.2) is 13.2 Å². The molecule has 0 nitrogen and oxygen atoms in total. The fourth-order valence-corrected chi connectivity index (χ4v) is 3.65. The van der Waals surface area contributed by atoms with Crippen LogP contribution in [0, 0.1) is 17.5 Å². The van der Waals surface area contributed by atoms with Crippen LogP contribution in [0.15, 0.2) is 48.5 Å². The smallest absolute Gasteiger partial charge is 0.131 e. The number of benzene rings is 3. The highest BCUT2D eigenvalue weighted by molar-refractivity contribution is 5.80. The highest BCUT2D eigenvalue weighted by Gasteiger charge is 2.22. The van der Waals surface area contributed by atoms with Gasteiger partial charge in [0.15, 0.2) is 0 Å². The SMILES string of the molecule is CCCc1ccc2c(c1)Cc1cc(-c3cc(F)cc(F)c3)c(F)cc1-2. The van der Waals surface area contributed by atoms with Gasteiger partial charge in [-0.15, -0.1) is 0 Å². The monoisotopic (exact) mass is 338 g/mol. The molecule has 4 rings (SSSR count). The summed E-state index contributed by atoms with van der Waals surface area (Å²) in [7, 11) is 0. The lowest BCUT2D eigenvalue weighted by atomic mass is 9.98. The third kappa shape index (κ3) is 2.84. The molecule has 1 aliphatic carbocycles. The first-order chi connectivity index (χ1) is 12.0. The summed E-state index contributed by atoms with van der Waals surface area (Å²) < 4.78 is 41.6. The number of hydrogen-bond donors (Lipinski definition) is 0. The Kier molecular flexibility index (Phi) is 3.87. The molecular formula is C22H17F3. The minimum Gasteiger partial charge on any atom is -0.207 e. The van der Waals surface area contributed by atoms with E-state index >= 15 is 0 Å². The van der Waals surface area contributed by atoms with Crippen LogP contribution in [-0.4, -0.2) is 0 Å². The van der Waals surface area contributed by atoms with Crippen molar-refractivity contribution in [2.45, 2.75) is 26.2 Å². The van der Waals surface area contributed by atoms with Gasteiger partial charge in [-0.3, -0.25) is 0 Å². The molecule has 0 aromatic heterocycles. The molecule has 3 aromatic rings. The lowest BCUT2D eigenvalue weighted by Crippen LogP contribution is -1.91. The molecule has 0 atom stereocenters. The van der Waals surface area contributed by atoms with Gasteiger partial charge in [0, 0.05) is 11.6 Å². The van der Waals surface area contributed by atoms with Crippen molar-refractivity contribution in [2.24, 2.45) is 0 Å². The van der Waals surface area contributed by atoms with E-state index in [0.717, 1.165) is 47.7 Å². The van der Waals surface area contributed by atoms with Crippen molar-refractivity contribution < 1.29 is 13.2 Å². The summed E-state index contributed by atoms with van der Waals surface area (Å²) in [6.45, 7) is 2.14. The van der Waals surface area contributed by atoms with E-state index in [2.05, 4.69) is 19.1 Å². The third-order valence-electron chi connectivity index (χ3n) is 4.75. The summed E-state index contributed by atoms with van der Waals surface area (Å²) in [4.78, 5) is 0. The second-order valence-electron chi connectivity index (χ2n) is 6.57. The summed E-state index contributed by atoms with van der Waals surface area (Å²) in [6.07, 6.45) is 2.81. The normalized spacial score (nSPS) is 12.2. The fraction of sp³-hybridized carbons (Fsp3) is 0.182. The number of halogens is 3. The van der Waals surface area contributed by atoms with Gasteiger partial charge in [0.05, 0.1) is 0 Å². The van der Waals surface area contributed by atoms with Gasteiger partial charge in [0.2, 0.25) is 0 Å². The average molecular weight is 338 g/mol. The maximum atomic E-state index is 14.6. The van der Waals surface area contributed by atoms with Gasteiger partial charge in [0.25, 0.3) is 0 Å². The first kappa shape index (κ1) is 15.9. The standard InChI is InChI=1S/C22H17F3/c1-2-3-13-4-5-19-14(6-13)7-15-10-21(22(25)12-20(15)19)16-8-17(23)11-18(24)9-16/h4-6,8-12H,2-3,7H2,1H3. The average Bonchev–Trinajstić information content (AvgIpc) is 2.90. The molecule has 3 heteroatoms. The molecule has 0 N–H and O–H groups in total. The van der Waals surface area contributed by atoms with Crippen molar-refractivity contribution in [3.8, 4) is 22.3 Å². The Morgan fingerprint density at radius 1 is 0.760 bits per heavy atom. The summed E-state index contributed by atoms with van der Waals surface area (Å²) in [6, 6.07) is 12.6. The van der Waals surface area contributed by atoms with Crippen LogP contribution in [0.5, 0.6) is 0 Å². The Bertz CT molecular complexity index is 953. The molecule has 0 bridgehead atoms. The van der Waals surface area contributed by atoms with Gasteiger partial charge in [-0.2, -0.15) is 0 Å². The molecule has 0 amide bonds. The molecule has 0 saturated carbocycles. The van der Waals surface area contributed by atoms with E-state index in [1.807, 2.05) is 6.07 Å². The Labute approximate surface area is 144 Å². The van der Waals surface area contributed by atoms with Crippen molar-refractivity contribution in [3.05, 3.63) is 82.7 Å². The molecule has 0 saturated heterocycles. The van der Waals surface area contributed by atoms with Crippen LogP contribution in [0.3, 0.4) is 0 Å². The van der Waals surface area contributed by atoms with Crippen molar-refractivity contribution >= 4 is 0 Å². The zero-order valence-corrected chi connectivity index (χ0v) is 13.9. The number of fused-ring (bicyclic) bond motifs is 3. The fourth-order valence-electron chi connectivity index (χ4n) is 3.65. The van der Waals surface area contributed by atoms with Crippen molar-refractivity contribution in [1.29, 1.82) is 0 Å².